The molecule has 0 bridgehead atoms. The lowest BCUT2D eigenvalue weighted by molar-refractivity contribution is 0.239. The second-order valence-electron chi connectivity index (χ2n) is 3.85. The SMILES string of the molecule is CN(C)CCCNC(=O)NCc1ccco1. The molecule has 0 radical (unpaired) electrons. The van der Waals surface area contributed by atoms with Gasteiger partial charge < -0.3 is 20.0 Å². The van der Waals surface area contributed by atoms with Crippen LogP contribution >= 0.6 is 0 Å². The van der Waals surface area contributed by atoms with Crippen molar-refractivity contribution in [2.45, 2.75) is 13.0 Å². The number of hydrogen-bond acceptors (Lipinski definition) is 3. The van der Waals surface area contributed by atoms with Crippen LogP contribution in [0.4, 0.5) is 4.79 Å². The average molecular weight is 225 g/mol. The number of rotatable bonds is 6. The average Bonchev–Trinajstić information content (AvgIpc) is 2.74. The molecular weight excluding hydrogens is 206 g/mol. The van der Waals surface area contributed by atoms with Crippen molar-refractivity contribution in [3.8, 4) is 0 Å². The number of nitrogens with zero attached hydrogens (tertiary/aromatic N) is 1. The summed E-state index contributed by atoms with van der Waals surface area (Å²) in [5, 5.41) is 5.50. The van der Waals surface area contributed by atoms with Crippen molar-refractivity contribution >= 4 is 6.03 Å². The fraction of sp³-hybridized carbons (Fsp3) is 0.545. The van der Waals surface area contributed by atoms with Crippen molar-refractivity contribution in [1.82, 2.24) is 15.5 Å². The van der Waals surface area contributed by atoms with Crippen LogP contribution in [0.3, 0.4) is 0 Å². The molecule has 16 heavy (non-hydrogen) atoms. The molecule has 2 amide bonds. The molecule has 0 aromatic carbocycles. The first kappa shape index (κ1) is 12.6. The Morgan fingerprint density at radius 2 is 2.25 bits per heavy atom. The Morgan fingerprint density at radius 3 is 2.88 bits per heavy atom. The van der Waals surface area contributed by atoms with E-state index in [1.54, 1.807) is 12.3 Å². The summed E-state index contributed by atoms with van der Waals surface area (Å²) in [4.78, 5) is 13.4. The third-order valence-electron chi connectivity index (χ3n) is 2.07. The molecule has 2 N–H and O–H groups in total. The van der Waals surface area contributed by atoms with Crippen LogP contribution in [-0.4, -0.2) is 38.1 Å². The third-order valence-corrected chi connectivity index (χ3v) is 2.07. The van der Waals surface area contributed by atoms with Gasteiger partial charge in [-0.3, -0.25) is 0 Å². The Kier molecular flexibility index (Phi) is 5.42. The molecule has 0 aliphatic heterocycles. The Hall–Kier alpha value is -1.49. The quantitative estimate of drug-likeness (QED) is 0.711. The number of urea groups is 1. The molecule has 5 nitrogen and oxygen atoms in total. The van der Waals surface area contributed by atoms with Crippen molar-refractivity contribution in [3.05, 3.63) is 24.2 Å². The zero-order chi connectivity index (χ0) is 11.8. The minimum absolute atomic E-state index is 0.157. The van der Waals surface area contributed by atoms with E-state index in [9.17, 15) is 4.79 Å². The van der Waals surface area contributed by atoms with E-state index in [1.165, 1.54) is 0 Å². The van der Waals surface area contributed by atoms with Crippen molar-refractivity contribution in [2.75, 3.05) is 27.2 Å². The van der Waals surface area contributed by atoms with Crippen molar-refractivity contribution in [1.29, 1.82) is 0 Å². The predicted molar refractivity (Wildman–Crippen MR) is 62.1 cm³/mol. The van der Waals surface area contributed by atoms with Crippen molar-refractivity contribution in [3.63, 3.8) is 0 Å². The van der Waals surface area contributed by atoms with Gasteiger partial charge in [-0.05, 0) is 39.2 Å². The van der Waals surface area contributed by atoms with Crippen LogP contribution in [0.2, 0.25) is 0 Å². The summed E-state index contributed by atoms with van der Waals surface area (Å²) >= 11 is 0. The number of furan rings is 1. The second kappa shape index (κ2) is 6.90. The maximum absolute atomic E-state index is 11.3. The van der Waals surface area contributed by atoms with E-state index in [1.807, 2.05) is 20.2 Å². The zero-order valence-electron chi connectivity index (χ0n) is 9.82. The van der Waals surface area contributed by atoms with E-state index >= 15 is 0 Å². The van der Waals surface area contributed by atoms with Gasteiger partial charge in [0.1, 0.15) is 5.76 Å². The lowest BCUT2D eigenvalue weighted by atomic mass is 10.4. The molecule has 0 aliphatic rings. The smallest absolute Gasteiger partial charge is 0.315 e. The number of amides is 2. The molecule has 0 fully saturated rings. The minimum Gasteiger partial charge on any atom is -0.467 e. The second-order valence-corrected chi connectivity index (χ2v) is 3.85. The molecule has 90 valence electrons. The number of nitrogens with one attached hydrogen (secondary N) is 2. The molecule has 0 saturated heterocycles. The number of hydrogen-bond donors (Lipinski definition) is 2. The monoisotopic (exact) mass is 225 g/mol. The molecule has 0 spiro atoms. The van der Waals surface area contributed by atoms with Gasteiger partial charge in [0.15, 0.2) is 0 Å². The predicted octanol–water partition coefficient (Wildman–Crippen LogP) is 1.03. The fourth-order valence-electron chi connectivity index (χ4n) is 1.24. The lowest BCUT2D eigenvalue weighted by Crippen LogP contribution is -2.36. The topological polar surface area (TPSA) is 57.5 Å². The molecule has 0 atom stereocenters. The van der Waals surface area contributed by atoms with Gasteiger partial charge in [0.05, 0.1) is 12.8 Å². The highest BCUT2D eigenvalue weighted by atomic mass is 16.3. The molecule has 1 aromatic heterocycles. The van der Waals surface area contributed by atoms with E-state index in [-0.39, 0.29) is 6.03 Å². The molecule has 1 rings (SSSR count). The van der Waals surface area contributed by atoms with Gasteiger partial charge >= 0.3 is 6.03 Å². The Balaban J connectivity index is 2.03. The van der Waals surface area contributed by atoms with Crippen molar-refractivity contribution in [2.24, 2.45) is 0 Å². The molecule has 1 heterocycles. The maximum Gasteiger partial charge on any atom is 0.315 e. The van der Waals surface area contributed by atoms with Gasteiger partial charge in [-0.25, -0.2) is 4.79 Å². The largest absolute Gasteiger partial charge is 0.467 e. The van der Waals surface area contributed by atoms with Crippen LogP contribution in [0.1, 0.15) is 12.2 Å². The van der Waals surface area contributed by atoms with Gasteiger partial charge in [0.2, 0.25) is 0 Å². The van der Waals surface area contributed by atoms with Gasteiger partial charge in [0.25, 0.3) is 0 Å². The summed E-state index contributed by atoms with van der Waals surface area (Å²) in [7, 11) is 4.02. The lowest BCUT2D eigenvalue weighted by Gasteiger charge is -2.10. The number of carbonyl (C=O) groups is 1. The van der Waals surface area contributed by atoms with Crippen LogP contribution in [-0.2, 0) is 6.54 Å². The van der Waals surface area contributed by atoms with E-state index in [4.69, 9.17) is 4.42 Å². The normalized spacial score (nSPS) is 10.4. The first-order valence-electron chi connectivity index (χ1n) is 5.37. The van der Waals surface area contributed by atoms with E-state index in [0.29, 0.717) is 13.1 Å². The molecule has 1 aromatic rings. The van der Waals surface area contributed by atoms with Crippen molar-refractivity contribution < 1.29 is 9.21 Å². The molecule has 0 unspecified atom stereocenters. The Labute approximate surface area is 95.8 Å². The summed E-state index contributed by atoms with van der Waals surface area (Å²) in [5.74, 6) is 0.753. The third kappa shape index (κ3) is 5.41. The molecular formula is C11H19N3O2. The highest BCUT2D eigenvalue weighted by Gasteiger charge is 2.00. The summed E-state index contributed by atoms with van der Waals surface area (Å²) in [5.41, 5.74) is 0. The Bertz CT molecular complexity index is 296. The van der Waals surface area contributed by atoms with Gasteiger partial charge in [-0.2, -0.15) is 0 Å². The van der Waals surface area contributed by atoms with Crippen LogP contribution in [0.15, 0.2) is 22.8 Å². The van der Waals surface area contributed by atoms with E-state index in [0.717, 1.165) is 18.7 Å². The standard InChI is InChI=1S/C11H19N3O2/c1-14(2)7-4-6-12-11(15)13-9-10-5-3-8-16-10/h3,5,8H,4,6-7,9H2,1-2H3,(H2,12,13,15). The van der Waals surface area contributed by atoms with Gasteiger partial charge in [0, 0.05) is 6.54 Å². The molecule has 0 aliphatic carbocycles. The van der Waals surface area contributed by atoms with Crippen LogP contribution in [0.25, 0.3) is 0 Å². The summed E-state index contributed by atoms with van der Waals surface area (Å²) in [6.07, 6.45) is 2.53. The summed E-state index contributed by atoms with van der Waals surface area (Å²) in [6.45, 7) is 2.08. The van der Waals surface area contributed by atoms with Crippen LogP contribution in [0.5, 0.6) is 0 Å². The minimum atomic E-state index is -0.157. The summed E-state index contributed by atoms with van der Waals surface area (Å²) in [6, 6.07) is 3.47. The fourth-order valence-corrected chi connectivity index (χ4v) is 1.24. The number of carbonyl (C=O) groups excluding carboxylic acids is 1. The van der Waals surface area contributed by atoms with Crippen LogP contribution in [0, 0.1) is 0 Å². The van der Waals surface area contributed by atoms with E-state index in [2.05, 4.69) is 15.5 Å². The van der Waals surface area contributed by atoms with Crippen LogP contribution < -0.4 is 10.6 Å². The summed E-state index contributed by atoms with van der Waals surface area (Å²) < 4.78 is 5.09. The van der Waals surface area contributed by atoms with Gasteiger partial charge in [-0.15, -0.1) is 0 Å². The van der Waals surface area contributed by atoms with Gasteiger partial charge in [-0.1, -0.05) is 0 Å². The highest BCUT2D eigenvalue weighted by Crippen LogP contribution is 1.97. The highest BCUT2D eigenvalue weighted by molar-refractivity contribution is 5.73. The first-order chi connectivity index (χ1) is 7.68. The maximum atomic E-state index is 11.3. The molecule has 5 heteroatoms. The Morgan fingerprint density at radius 1 is 1.44 bits per heavy atom. The first-order valence-corrected chi connectivity index (χ1v) is 5.37. The molecule has 0 saturated carbocycles. The van der Waals surface area contributed by atoms with E-state index < -0.39 is 0 Å². The zero-order valence-corrected chi connectivity index (χ0v) is 9.82.